The van der Waals surface area contributed by atoms with E-state index >= 15 is 0 Å². The molecule has 10 heteroatoms. The number of aliphatic hydroxyl groups is 1. The average Bonchev–Trinajstić information content (AvgIpc) is 3.47. The Morgan fingerprint density at radius 2 is 1.80 bits per heavy atom. The number of nitrogens with zero attached hydrogens (tertiary/aromatic N) is 4. The third-order valence-electron chi connectivity index (χ3n) is 8.21. The van der Waals surface area contributed by atoms with Gasteiger partial charge in [0.1, 0.15) is 17.4 Å². The summed E-state index contributed by atoms with van der Waals surface area (Å²) in [5.74, 6) is 2.70. The first kappa shape index (κ1) is 28.6. The van der Waals surface area contributed by atoms with Crippen molar-refractivity contribution in [2.75, 3.05) is 49.8 Å². The molecule has 2 atom stereocenters. The molecule has 2 heterocycles. The molecule has 3 N–H and O–H groups in total. The number of aryl methyl sites for hydroxylation is 1. The second-order valence-electron chi connectivity index (χ2n) is 11.7. The molecule has 1 aliphatic carbocycles. The summed E-state index contributed by atoms with van der Waals surface area (Å²) in [4.78, 5) is 13.9. The minimum Gasteiger partial charge on any atom is -0.495 e. The van der Waals surface area contributed by atoms with Gasteiger partial charge in [0.2, 0.25) is 5.95 Å². The number of fused-ring (bicyclic) bond motifs is 1. The highest BCUT2D eigenvalue weighted by atomic mass is 79.9. The molecule has 40 heavy (non-hydrogen) atoms. The van der Waals surface area contributed by atoms with Gasteiger partial charge < -0.3 is 30.3 Å². The lowest BCUT2D eigenvalue weighted by molar-refractivity contribution is 0.0790. The number of nitrogens with one attached hydrogen (secondary N) is 2. The minimum atomic E-state index is -1.25. The van der Waals surface area contributed by atoms with E-state index in [9.17, 15) is 9.50 Å². The Morgan fingerprint density at radius 1 is 1.10 bits per heavy atom. The maximum Gasteiger partial charge on any atom is 0.229 e. The van der Waals surface area contributed by atoms with Crippen LogP contribution in [0.4, 0.5) is 33.2 Å². The molecule has 8 nitrogen and oxygen atoms in total. The molecular formula is C30H38BrFN6O2. The summed E-state index contributed by atoms with van der Waals surface area (Å²) in [6.07, 6.45) is 4.15. The van der Waals surface area contributed by atoms with Crippen molar-refractivity contribution in [2.24, 2.45) is 11.8 Å². The lowest BCUT2D eigenvalue weighted by atomic mass is 9.96. The first-order valence-corrected chi connectivity index (χ1v) is 14.4. The SMILES string of the molecule is COc1cc(Nc2ncc(Br)c(Nc3ccc(F)cc3C(C)(C)O)n2)c(C)cc1N1CC2CC(N(C)C)CC2C1. The van der Waals surface area contributed by atoms with Gasteiger partial charge in [-0.3, -0.25) is 0 Å². The van der Waals surface area contributed by atoms with E-state index in [1.54, 1.807) is 33.2 Å². The van der Waals surface area contributed by atoms with E-state index in [1.165, 1.54) is 25.0 Å². The van der Waals surface area contributed by atoms with E-state index in [0.29, 0.717) is 33.5 Å². The fourth-order valence-corrected chi connectivity index (χ4v) is 6.29. The molecule has 0 spiro atoms. The Balaban J connectivity index is 1.36. The molecule has 2 unspecified atom stereocenters. The molecule has 0 bridgehead atoms. The summed E-state index contributed by atoms with van der Waals surface area (Å²) >= 11 is 3.50. The molecular weight excluding hydrogens is 575 g/mol. The summed E-state index contributed by atoms with van der Waals surface area (Å²) in [6.45, 7) is 7.40. The lowest BCUT2D eigenvalue weighted by Crippen LogP contribution is -2.29. The molecule has 0 amide bonds. The smallest absolute Gasteiger partial charge is 0.229 e. The Hall–Kier alpha value is -2.95. The van der Waals surface area contributed by atoms with Crippen LogP contribution in [0, 0.1) is 24.6 Å². The summed E-state index contributed by atoms with van der Waals surface area (Å²) in [7, 11) is 6.08. The molecule has 2 aromatic carbocycles. The zero-order valence-corrected chi connectivity index (χ0v) is 25.5. The van der Waals surface area contributed by atoms with E-state index in [-0.39, 0.29) is 0 Å². The van der Waals surface area contributed by atoms with Gasteiger partial charge in [0.15, 0.2) is 0 Å². The highest BCUT2D eigenvalue weighted by Gasteiger charge is 2.42. The van der Waals surface area contributed by atoms with Crippen molar-refractivity contribution >= 4 is 44.8 Å². The summed E-state index contributed by atoms with van der Waals surface area (Å²) in [6, 6.07) is 9.12. The molecule has 2 aliphatic rings. The standard InChI is InChI=1S/C30H38BrFN6O2/c1-17-9-26(38-15-18-10-21(37(4)5)11-19(18)16-38)27(40-6)13-25(17)35-29-33-14-23(31)28(36-29)34-24-8-7-20(32)12-22(24)30(2,3)39/h7-9,12-14,18-19,21,39H,10-11,15-16H2,1-6H3,(H2,33,34,35,36). The van der Waals surface area contributed by atoms with Gasteiger partial charge in [0.05, 0.1) is 22.9 Å². The van der Waals surface area contributed by atoms with Crippen molar-refractivity contribution in [3.05, 3.63) is 57.9 Å². The van der Waals surface area contributed by atoms with Gasteiger partial charge in [-0.15, -0.1) is 0 Å². The maximum absolute atomic E-state index is 13.9. The van der Waals surface area contributed by atoms with Crippen LogP contribution in [0.5, 0.6) is 5.75 Å². The topological polar surface area (TPSA) is 85.8 Å². The number of rotatable bonds is 8. The van der Waals surface area contributed by atoms with E-state index in [1.807, 2.05) is 6.07 Å². The normalized spacial score (nSPS) is 20.6. The fraction of sp³-hybridized carbons (Fsp3) is 0.467. The molecule has 214 valence electrons. The third kappa shape index (κ3) is 5.89. The van der Waals surface area contributed by atoms with Gasteiger partial charge in [-0.05, 0) is 105 Å². The molecule has 1 saturated carbocycles. The van der Waals surface area contributed by atoms with Crippen molar-refractivity contribution in [2.45, 2.75) is 45.3 Å². The largest absolute Gasteiger partial charge is 0.495 e. The number of hydrogen-bond acceptors (Lipinski definition) is 8. The lowest BCUT2D eigenvalue weighted by Gasteiger charge is -2.26. The van der Waals surface area contributed by atoms with Crippen LogP contribution in [-0.4, -0.2) is 60.3 Å². The van der Waals surface area contributed by atoms with Crippen LogP contribution in [0.3, 0.4) is 0 Å². The summed E-state index contributed by atoms with van der Waals surface area (Å²) in [5, 5.41) is 17.1. The Morgan fingerprint density at radius 3 is 2.42 bits per heavy atom. The Kier molecular flexibility index (Phi) is 7.96. The fourth-order valence-electron chi connectivity index (χ4n) is 6.00. The van der Waals surface area contributed by atoms with Crippen molar-refractivity contribution in [1.29, 1.82) is 0 Å². The summed E-state index contributed by atoms with van der Waals surface area (Å²) < 4.78 is 20.4. The highest BCUT2D eigenvalue weighted by molar-refractivity contribution is 9.10. The number of halogens is 2. The van der Waals surface area contributed by atoms with E-state index in [0.717, 1.165) is 47.6 Å². The highest BCUT2D eigenvalue weighted by Crippen LogP contribution is 2.44. The van der Waals surface area contributed by atoms with Crippen LogP contribution in [0.2, 0.25) is 0 Å². The van der Waals surface area contributed by atoms with Gasteiger partial charge in [-0.25, -0.2) is 9.37 Å². The number of hydrogen-bond donors (Lipinski definition) is 3. The second-order valence-corrected chi connectivity index (χ2v) is 12.6. The molecule has 5 rings (SSSR count). The number of methoxy groups -OCH3 is 1. The van der Waals surface area contributed by atoms with Crippen molar-refractivity contribution in [1.82, 2.24) is 14.9 Å². The number of ether oxygens (including phenoxy) is 1. The molecule has 0 radical (unpaired) electrons. The first-order chi connectivity index (χ1) is 18.9. The average molecular weight is 614 g/mol. The zero-order valence-electron chi connectivity index (χ0n) is 23.9. The van der Waals surface area contributed by atoms with Gasteiger partial charge in [-0.2, -0.15) is 4.98 Å². The van der Waals surface area contributed by atoms with Crippen molar-refractivity contribution in [3.63, 3.8) is 0 Å². The van der Waals surface area contributed by atoms with Crippen molar-refractivity contribution in [3.8, 4) is 5.75 Å². The second kappa shape index (κ2) is 11.1. The monoisotopic (exact) mass is 612 g/mol. The number of benzene rings is 2. The van der Waals surface area contributed by atoms with Crippen LogP contribution in [0.25, 0.3) is 0 Å². The molecule has 3 aromatic rings. The van der Waals surface area contributed by atoms with E-state index in [4.69, 9.17) is 4.74 Å². The van der Waals surface area contributed by atoms with Crippen molar-refractivity contribution < 1.29 is 14.2 Å². The van der Waals surface area contributed by atoms with Crippen LogP contribution < -0.4 is 20.3 Å². The van der Waals surface area contributed by atoms with Gasteiger partial charge in [-0.1, -0.05) is 0 Å². The number of anilines is 5. The maximum atomic E-state index is 13.9. The molecule has 1 aliphatic heterocycles. The van der Waals surface area contributed by atoms with Crippen LogP contribution in [0.15, 0.2) is 41.0 Å². The van der Waals surface area contributed by atoms with Crippen LogP contribution >= 0.6 is 15.9 Å². The molecule has 1 aromatic heterocycles. The molecule has 1 saturated heterocycles. The zero-order chi connectivity index (χ0) is 28.8. The van der Waals surface area contributed by atoms with Gasteiger partial charge in [0.25, 0.3) is 0 Å². The quantitative estimate of drug-likeness (QED) is 0.278. The van der Waals surface area contributed by atoms with E-state index < -0.39 is 11.4 Å². The minimum absolute atomic E-state index is 0.390. The predicted octanol–water partition coefficient (Wildman–Crippen LogP) is 6.19. The predicted molar refractivity (Wildman–Crippen MR) is 162 cm³/mol. The molecule has 2 fully saturated rings. The first-order valence-electron chi connectivity index (χ1n) is 13.6. The third-order valence-corrected chi connectivity index (χ3v) is 8.79. The van der Waals surface area contributed by atoms with Gasteiger partial charge in [0, 0.05) is 48.3 Å². The summed E-state index contributed by atoms with van der Waals surface area (Å²) in [5.41, 5.74) is 2.75. The Labute approximate surface area is 244 Å². The van der Waals surface area contributed by atoms with Crippen LogP contribution in [0.1, 0.15) is 37.8 Å². The van der Waals surface area contributed by atoms with E-state index in [2.05, 4.69) is 73.4 Å². The van der Waals surface area contributed by atoms with Crippen LogP contribution in [-0.2, 0) is 5.60 Å². The number of aromatic nitrogens is 2. The van der Waals surface area contributed by atoms with Gasteiger partial charge >= 0.3 is 0 Å². The Bertz CT molecular complexity index is 1380.